The number of rotatable bonds is 11. The largest absolute Gasteiger partial charge is 0.382 e. The fourth-order valence-corrected chi connectivity index (χ4v) is 17.1. The normalized spacial score (nSPS) is 16.9. The number of aryl methyl sites for hydroxylation is 1. The zero-order valence-electron chi connectivity index (χ0n) is 67.7. The molecule has 5 aromatic carbocycles. The Bertz CT molecular complexity index is 4890. The van der Waals surface area contributed by atoms with Crippen molar-refractivity contribution in [3.05, 3.63) is 163 Å². The van der Waals surface area contributed by atoms with Gasteiger partial charge in [0.05, 0.1) is 62.1 Å². The highest BCUT2D eigenvalue weighted by Gasteiger charge is 2.34. The lowest BCUT2D eigenvalue weighted by molar-refractivity contribution is 0.278. The second kappa shape index (κ2) is 39.5. The number of halogens is 12. The monoisotopic (exact) mass is 1880 g/mol. The summed E-state index contributed by atoms with van der Waals surface area (Å²) in [6.07, 6.45) is 14.2. The van der Waals surface area contributed by atoms with E-state index in [0.29, 0.717) is 179 Å². The maximum atomic E-state index is 6.40. The van der Waals surface area contributed by atoms with Gasteiger partial charge in [-0.25, -0.2) is 39.9 Å². The van der Waals surface area contributed by atoms with Gasteiger partial charge in [-0.1, -0.05) is 257 Å². The van der Waals surface area contributed by atoms with E-state index >= 15 is 0 Å². The summed E-state index contributed by atoms with van der Waals surface area (Å²) < 4.78 is 0.669. The van der Waals surface area contributed by atoms with Crippen LogP contribution in [0.1, 0.15) is 139 Å². The quantitative estimate of drug-likeness (QED) is 0.0804. The van der Waals surface area contributed by atoms with Crippen LogP contribution in [0.5, 0.6) is 0 Å². The van der Waals surface area contributed by atoms with Crippen molar-refractivity contribution >= 4 is 202 Å². The minimum Gasteiger partial charge on any atom is -0.382 e. The third-order valence-electron chi connectivity index (χ3n) is 22.5. The summed E-state index contributed by atoms with van der Waals surface area (Å²) in [6, 6.07) is 26.9. The first kappa shape index (κ1) is 91.8. The molecule has 33 heteroatoms. The molecular weight excluding hydrogens is 1780 g/mol. The van der Waals surface area contributed by atoms with Gasteiger partial charge < -0.3 is 53.2 Å². The molecule has 5 aliphatic rings. The number of hydrogen-bond donors (Lipinski definition) is 5. The van der Waals surface area contributed by atoms with E-state index in [0.717, 1.165) is 146 Å². The van der Waals surface area contributed by atoms with E-state index in [2.05, 4.69) is 158 Å². The number of nitrogen functional groups attached to an aromatic ring is 5. The van der Waals surface area contributed by atoms with Crippen molar-refractivity contribution in [1.82, 2.24) is 55.1 Å². The fraction of sp³-hybridized carbons (Fsp3) is 0.424. The third-order valence-corrected chi connectivity index (χ3v) is 27.4. The van der Waals surface area contributed by atoms with Crippen LogP contribution in [0.25, 0.3) is 56.3 Å². The molecule has 5 aromatic heterocycles. The molecule has 15 rings (SSSR count). The SMILES string of the molecule is CC1(C)CCN(c2nc(N)c(-c3cccc(Cl)c3Cl)nc2Br)CC1.CC1(C)CCN(c2nc(N)c(-c3cccc(Cl)c3Cl)nc2Cl)CC1.CC1(C)CCN(c2nnc(-c3cccc(Cl)c3Cl)c(N)n2)CC1.CCC1CCN(c2cnc(-c3cccc(Cl)c3Cl)c(N)n2)CC1.Cc1nc(-c2cccc(Cl)c2Cl)c(N)nc1N1CCC(C)(C)CC1. The zero-order chi connectivity index (χ0) is 85.5. The number of piperidine rings is 5. The molecular formula is C85H99BrCl11N21. The Morgan fingerprint density at radius 3 is 1.07 bits per heavy atom. The van der Waals surface area contributed by atoms with Gasteiger partial charge in [0.15, 0.2) is 51.7 Å². The van der Waals surface area contributed by atoms with Crippen LogP contribution in [0.15, 0.2) is 102 Å². The van der Waals surface area contributed by atoms with E-state index in [4.69, 9.17) is 156 Å². The van der Waals surface area contributed by atoms with Gasteiger partial charge in [0, 0.05) is 93.3 Å². The smallest absolute Gasteiger partial charge is 0.247 e. The molecule has 0 amide bonds. The Hall–Kier alpha value is -6.90. The van der Waals surface area contributed by atoms with E-state index in [9.17, 15) is 0 Å². The fourth-order valence-electron chi connectivity index (χ4n) is 14.4. The molecule has 10 N–H and O–H groups in total. The Morgan fingerprint density at radius 2 is 0.678 bits per heavy atom. The van der Waals surface area contributed by atoms with Crippen molar-refractivity contribution in [1.29, 1.82) is 0 Å². The van der Waals surface area contributed by atoms with Crippen LogP contribution in [0.4, 0.5) is 58.3 Å². The molecule has 5 saturated heterocycles. The van der Waals surface area contributed by atoms with E-state index in [1.54, 1.807) is 60.8 Å². The van der Waals surface area contributed by atoms with Gasteiger partial charge in [0.1, 0.15) is 38.9 Å². The molecule has 0 aliphatic carbocycles. The minimum atomic E-state index is 0.295. The molecule has 21 nitrogen and oxygen atoms in total. The Labute approximate surface area is 755 Å². The van der Waals surface area contributed by atoms with Crippen molar-refractivity contribution in [2.45, 2.75) is 140 Å². The average molecular weight is 1880 g/mol. The van der Waals surface area contributed by atoms with Gasteiger partial charge in [-0.2, -0.15) is 4.98 Å². The van der Waals surface area contributed by atoms with Gasteiger partial charge in [0.2, 0.25) is 5.95 Å². The Balaban J connectivity index is 0.000000145. The number of aromatic nitrogens is 11. The number of nitrogens with two attached hydrogens (primary N) is 5. The van der Waals surface area contributed by atoms with E-state index in [1.807, 2.05) is 43.3 Å². The van der Waals surface area contributed by atoms with Gasteiger partial charge in [-0.3, -0.25) is 0 Å². The summed E-state index contributed by atoms with van der Waals surface area (Å²) in [5.41, 5.74) is 39.0. The molecule has 0 bridgehead atoms. The summed E-state index contributed by atoms with van der Waals surface area (Å²) in [5, 5.41) is 13.3. The van der Waals surface area contributed by atoms with Gasteiger partial charge >= 0.3 is 0 Å². The first-order valence-electron chi connectivity index (χ1n) is 39.2. The molecule has 628 valence electrons. The second-order valence-electron chi connectivity index (χ2n) is 33.3. The molecule has 5 fully saturated rings. The Kier molecular flexibility index (Phi) is 30.8. The van der Waals surface area contributed by atoms with Gasteiger partial charge in [-0.15, -0.1) is 10.2 Å². The predicted molar refractivity (Wildman–Crippen MR) is 501 cm³/mol. The lowest BCUT2D eigenvalue weighted by atomic mass is 9.82. The molecule has 118 heavy (non-hydrogen) atoms. The number of anilines is 10. The maximum absolute atomic E-state index is 6.40. The third kappa shape index (κ3) is 22.7. The summed E-state index contributed by atoms with van der Waals surface area (Å²) >= 11 is 71.7. The molecule has 0 spiro atoms. The van der Waals surface area contributed by atoms with Crippen LogP contribution in [0, 0.1) is 34.5 Å². The minimum absolute atomic E-state index is 0.295. The van der Waals surface area contributed by atoms with Gasteiger partial charge in [-0.05, 0) is 145 Å². The number of benzene rings is 5. The Morgan fingerprint density at radius 1 is 0.356 bits per heavy atom. The van der Waals surface area contributed by atoms with Crippen LogP contribution < -0.4 is 53.2 Å². The molecule has 0 saturated carbocycles. The highest BCUT2D eigenvalue weighted by molar-refractivity contribution is 9.10. The van der Waals surface area contributed by atoms with E-state index in [-0.39, 0.29) is 0 Å². The zero-order valence-corrected chi connectivity index (χ0v) is 77.6. The molecule has 0 radical (unpaired) electrons. The first-order chi connectivity index (χ1) is 55.8. The molecule has 0 unspecified atom stereocenters. The summed E-state index contributed by atoms with van der Waals surface area (Å²) in [4.78, 5) is 51.9. The van der Waals surface area contributed by atoms with Crippen molar-refractivity contribution in [2.75, 3.05) is 119 Å². The lowest BCUT2D eigenvalue weighted by Crippen LogP contribution is -2.38. The van der Waals surface area contributed by atoms with Crippen LogP contribution in [-0.2, 0) is 0 Å². The van der Waals surface area contributed by atoms with Crippen LogP contribution in [0.3, 0.4) is 0 Å². The molecule has 10 aromatic rings. The van der Waals surface area contributed by atoms with Crippen molar-refractivity contribution < 1.29 is 0 Å². The molecule has 10 heterocycles. The van der Waals surface area contributed by atoms with Gasteiger partial charge in [0.25, 0.3) is 0 Å². The van der Waals surface area contributed by atoms with Crippen molar-refractivity contribution in [3.63, 3.8) is 0 Å². The average Bonchev–Trinajstić information content (AvgIpc) is 0.865. The number of nitrogens with zero attached hydrogens (tertiary/aromatic N) is 16. The highest BCUT2D eigenvalue weighted by Crippen LogP contribution is 2.45. The van der Waals surface area contributed by atoms with Crippen LogP contribution >= 0.6 is 144 Å². The molecule has 5 aliphatic heterocycles. The van der Waals surface area contributed by atoms with E-state index < -0.39 is 0 Å². The lowest BCUT2D eigenvalue weighted by Gasteiger charge is -2.38. The summed E-state index contributed by atoms with van der Waals surface area (Å²) in [5.74, 6) is 6.21. The second-order valence-corrected chi connectivity index (χ2v) is 38.3. The standard InChI is InChI=1S/C18H22Cl2N4.C17H19BrCl2N4.C17H19Cl3N4.C17H20Cl2N4.C16H19Cl2N5/c1-11-17(24-9-7-18(2,3)8-10-24)23-16(21)15(22-11)12-5-4-6-13(19)14(12)20;1-17(2)6-8-24(9-7-17)16-14(18)22-13(15(21)23-16)10-4-3-5-11(19)12(10)20;1-17(2)6-8-24(9-7-17)16-14(20)22-13(15(21)23-16)10-4-3-5-11(18)12(10)19;1-2-11-6-8-23(9-7-11)14-10-21-16(17(20)22-14)12-4-3-5-13(18)15(12)19;1-16(2)6-8-23(9-7-16)15-20-14(19)13(21-22-15)10-4-3-5-11(17)12(10)18/h4-6H,7-10H2,1-3H3,(H2,21,23);2*3-5H,6-9H2,1-2H3,(H2,21,23);3-5,10-11H,2,6-9H2,1H3,(H2,20,22);3-5H,6-9H2,1-2H3,(H2,19,20,22). The summed E-state index contributed by atoms with van der Waals surface area (Å²) in [6.45, 7) is 31.9. The predicted octanol–water partition coefficient (Wildman–Crippen LogP) is 24.4. The van der Waals surface area contributed by atoms with E-state index in [1.165, 1.54) is 19.3 Å². The highest BCUT2D eigenvalue weighted by atomic mass is 79.9. The van der Waals surface area contributed by atoms with Crippen molar-refractivity contribution in [2.24, 2.45) is 27.6 Å². The van der Waals surface area contributed by atoms with Crippen LogP contribution in [-0.4, -0.2) is 121 Å². The van der Waals surface area contributed by atoms with Crippen LogP contribution in [0.2, 0.25) is 55.4 Å². The number of hydrogen-bond acceptors (Lipinski definition) is 21. The molecule has 0 atom stereocenters. The first-order valence-corrected chi connectivity index (χ1v) is 44.2. The van der Waals surface area contributed by atoms with Crippen molar-refractivity contribution in [3.8, 4) is 56.3 Å². The maximum Gasteiger partial charge on any atom is 0.247 e. The topological polar surface area (TPSA) is 288 Å². The summed E-state index contributed by atoms with van der Waals surface area (Å²) in [7, 11) is 0.